The Morgan fingerprint density at radius 1 is 1.27 bits per heavy atom. The van der Waals surface area contributed by atoms with Crippen LogP contribution in [0.4, 0.5) is 5.69 Å². The smallest absolute Gasteiger partial charge is 0.263 e. The largest absolute Gasteiger partial charge is 0.494 e. The number of benzene rings is 2. The molecule has 7 nitrogen and oxygen atoms in total. The van der Waals surface area contributed by atoms with Crippen molar-refractivity contribution < 1.29 is 22.7 Å². The number of carbonyl (C=O) groups excluding carboxylic acids is 1. The van der Waals surface area contributed by atoms with E-state index in [2.05, 4.69) is 4.72 Å². The maximum absolute atomic E-state index is 12.9. The molecule has 9 heteroatoms. The van der Waals surface area contributed by atoms with Crippen LogP contribution in [0.5, 0.6) is 5.75 Å². The molecule has 1 fully saturated rings. The van der Waals surface area contributed by atoms with Gasteiger partial charge in [-0.25, -0.2) is 8.42 Å². The van der Waals surface area contributed by atoms with Crippen LogP contribution < -0.4 is 9.46 Å². The SMILES string of the molecule is CCOc1ccc(NS(=O)(=O)c2cc(C(=O)N(C)CC3CCCO3)ccc2Cl)cc1. The van der Waals surface area contributed by atoms with Gasteiger partial charge in [-0.05, 0) is 62.2 Å². The van der Waals surface area contributed by atoms with Gasteiger partial charge in [0.25, 0.3) is 15.9 Å². The Morgan fingerprint density at radius 2 is 2.00 bits per heavy atom. The molecule has 0 aromatic heterocycles. The fraction of sp³-hybridized carbons (Fsp3) is 0.381. The van der Waals surface area contributed by atoms with E-state index in [1.54, 1.807) is 31.3 Å². The highest BCUT2D eigenvalue weighted by molar-refractivity contribution is 7.92. The van der Waals surface area contributed by atoms with E-state index < -0.39 is 10.0 Å². The van der Waals surface area contributed by atoms with E-state index in [9.17, 15) is 13.2 Å². The summed E-state index contributed by atoms with van der Waals surface area (Å²) in [5, 5.41) is 0.0340. The van der Waals surface area contributed by atoms with Gasteiger partial charge in [0, 0.05) is 31.5 Å². The molecular weight excluding hydrogens is 428 g/mol. The van der Waals surface area contributed by atoms with Gasteiger partial charge in [-0.1, -0.05) is 11.6 Å². The molecule has 1 amide bonds. The normalized spacial score (nSPS) is 16.3. The zero-order valence-electron chi connectivity index (χ0n) is 16.9. The van der Waals surface area contributed by atoms with Crippen molar-refractivity contribution in [1.82, 2.24) is 4.90 Å². The van der Waals surface area contributed by atoms with E-state index in [0.717, 1.165) is 12.8 Å². The van der Waals surface area contributed by atoms with E-state index in [0.29, 0.717) is 31.2 Å². The molecule has 2 aromatic rings. The number of rotatable bonds is 8. The van der Waals surface area contributed by atoms with Crippen molar-refractivity contribution in [2.24, 2.45) is 0 Å². The Labute approximate surface area is 182 Å². The summed E-state index contributed by atoms with van der Waals surface area (Å²) in [6.07, 6.45) is 1.90. The summed E-state index contributed by atoms with van der Waals surface area (Å²) in [5.74, 6) is 0.347. The molecular formula is C21H25ClN2O5S. The first-order valence-electron chi connectivity index (χ1n) is 9.72. The highest BCUT2D eigenvalue weighted by atomic mass is 35.5. The predicted molar refractivity (Wildman–Crippen MR) is 116 cm³/mol. The van der Waals surface area contributed by atoms with Crippen LogP contribution in [0.25, 0.3) is 0 Å². The molecule has 162 valence electrons. The van der Waals surface area contributed by atoms with Gasteiger partial charge in [0.05, 0.1) is 17.7 Å². The standard InChI is InChI=1S/C21H25ClN2O5S/c1-3-28-17-9-7-16(8-10-17)23-30(26,27)20-13-15(6-11-19(20)22)21(25)24(2)14-18-5-4-12-29-18/h6-11,13,18,23H,3-5,12,14H2,1-2H3. The van der Waals surface area contributed by atoms with Gasteiger partial charge >= 0.3 is 0 Å². The summed E-state index contributed by atoms with van der Waals surface area (Å²) in [6.45, 7) is 3.54. The van der Waals surface area contributed by atoms with E-state index in [1.165, 1.54) is 23.1 Å². The fourth-order valence-corrected chi connectivity index (χ4v) is 4.82. The molecule has 1 aliphatic rings. The number of carbonyl (C=O) groups is 1. The molecule has 0 radical (unpaired) electrons. The average Bonchev–Trinajstić information content (AvgIpc) is 3.22. The Morgan fingerprint density at radius 3 is 2.63 bits per heavy atom. The summed E-state index contributed by atoms with van der Waals surface area (Å²) < 4.78 is 39.2. The maximum Gasteiger partial charge on any atom is 0.263 e. The Hall–Kier alpha value is -2.29. The molecule has 0 aliphatic carbocycles. The lowest BCUT2D eigenvalue weighted by Gasteiger charge is -2.21. The first-order chi connectivity index (χ1) is 14.3. The first kappa shape index (κ1) is 22.4. The van der Waals surface area contributed by atoms with Crippen molar-refractivity contribution in [2.45, 2.75) is 30.8 Å². The summed E-state index contributed by atoms with van der Waals surface area (Å²) in [7, 11) is -2.32. The highest BCUT2D eigenvalue weighted by Gasteiger charge is 2.24. The van der Waals surface area contributed by atoms with Gasteiger partial charge < -0.3 is 14.4 Å². The van der Waals surface area contributed by atoms with E-state index in [1.807, 2.05) is 6.92 Å². The number of hydrogen-bond donors (Lipinski definition) is 1. The molecule has 0 saturated carbocycles. The number of anilines is 1. The van der Waals surface area contributed by atoms with Crippen molar-refractivity contribution in [2.75, 3.05) is 31.5 Å². The van der Waals surface area contributed by atoms with E-state index in [-0.39, 0.29) is 27.5 Å². The lowest BCUT2D eigenvalue weighted by Crippen LogP contribution is -2.34. The number of sulfonamides is 1. The lowest BCUT2D eigenvalue weighted by atomic mass is 10.2. The molecule has 1 N–H and O–H groups in total. The topological polar surface area (TPSA) is 84.9 Å². The number of nitrogens with zero attached hydrogens (tertiary/aromatic N) is 1. The minimum atomic E-state index is -3.99. The molecule has 1 saturated heterocycles. The lowest BCUT2D eigenvalue weighted by molar-refractivity contribution is 0.0587. The highest BCUT2D eigenvalue weighted by Crippen LogP contribution is 2.26. The second-order valence-electron chi connectivity index (χ2n) is 7.03. The van der Waals surface area contributed by atoms with E-state index in [4.69, 9.17) is 21.1 Å². The fourth-order valence-electron chi connectivity index (χ4n) is 3.24. The zero-order valence-corrected chi connectivity index (χ0v) is 18.5. The Kier molecular flexibility index (Phi) is 7.23. The van der Waals surface area contributed by atoms with Crippen molar-refractivity contribution in [3.8, 4) is 5.75 Å². The van der Waals surface area contributed by atoms with E-state index >= 15 is 0 Å². The molecule has 2 aromatic carbocycles. The minimum Gasteiger partial charge on any atom is -0.494 e. The predicted octanol–water partition coefficient (Wildman–Crippen LogP) is 3.79. The zero-order chi connectivity index (χ0) is 21.7. The van der Waals surface area contributed by atoms with Gasteiger partial charge in [-0.2, -0.15) is 0 Å². The molecule has 0 bridgehead atoms. The van der Waals surface area contributed by atoms with Gasteiger partial charge in [0.1, 0.15) is 10.6 Å². The maximum atomic E-state index is 12.9. The first-order valence-corrected chi connectivity index (χ1v) is 11.6. The third-order valence-corrected chi connectivity index (χ3v) is 6.60. The molecule has 1 atom stereocenters. The van der Waals surface area contributed by atoms with Crippen LogP contribution in [0.15, 0.2) is 47.4 Å². The average molecular weight is 453 g/mol. The number of likely N-dealkylation sites (N-methyl/N-ethyl adjacent to an activating group) is 1. The van der Waals surface area contributed by atoms with Crippen LogP contribution in [-0.2, 0) is 14.8 Å². The van der Waals surface area contributed by atoms with Crippen molar-refractivity contribution >= 4 is 33.2 Å². The number of amides is 1. The molecule has 3 rings (SSSR count). The minimum absolute atomic E-state index is 0.00998. The number of ether oxygens (including phenoxy) is 2. The van der Waals surface area contributed by atoms with Crippen molar-refractivity contribution in [3.05, 3.63) is 53.1 Å². The van der Waals surface area contributed by atoms with Crippen LogP contribution in [0.1, 0.15) is 30.1 Å². The molecule has 1 aliphatic heterocycles. The molecule has 1 unspecified atom stereocenters. The van der Waals surface area contributed by atoms with Gasteiger partial charge in [-0.15, -0.1) is 0 Å². The van der Waals surface area contributed by atoms with Crippen LogP contribution in [0.3, 0.4) is 0 Å². The molecule has 1 heterocycles. The Balaban J connectivity index is 1.78. The Bertz CT molecular complexity index is 989. The van der Waals surface area contributed by atoms with Crippen LogP contribution in [0.2, 0.25) is 5.02 Å². The van der Waals surface area contributed by atoms with Crippen molar-refractivity contribution in [1.29, 1.82) is 0 Å². The summed E-state index contributed by atoms with van der Waals surface area (Å²) >= 11 is 6.15. The third-order valence-electron chi connectivity index (χ3n) is 4.73. The number of halogens is 1. The number of nitrogens with one attached hydrogen (secondary N) is 1. The van der Waals surface area contributed by atoms with Gasteiger partial charge in [0.2, 0.25) is 0 Å². The van der Waals surface area contributed by atoms with Gasteiger partial charge in [0.15, 0.2) is 0 Å². The second kappa shape index (κ2) is 9.68. The molecule has 30 heavy (non-hydrogen) atoms. The quantitative estimate of drug-likeness (QED) is 0.658. The summed E-state index contributed by atoms with van der Waals surface area (Å²) in [4.78, 5) is 14.2. The monoisotopic (exact) mass is 452 g/mol. The van der Waals surface area contributed by atoms with Crippen molar-refractivity contribution in [3.63, 3.8) is 0 Å². The van der Waals surface area contributed by atoms with Gasteiger partial charge in [-0.3, -0.25) is 9.52 Å². The number of hydrogen-bond acceptors (Lipinski definition) is 5. The third kappa shape index (κ3) is 5.44. The summed E-state index contributed by atoms with van der Waals surface area (Å²) in [6, 6.07) is 10.8. The summed E-state index contributed by atoms with van der Waals surface area (Å²) in [5.41, 5.74) is 0.605. The molecule has 0 spiro atoms. The van der Waals surface area contributed by atoms with Crippen LogP contribution in [0, 0.1) is 0 Å². The van der Waals surface area contributed by atoms with Crippen LogP contribution >= 0.6 is 11.6 Å². The van der Waals surface area contributed by atoms with Crippen LogP contribution in [-0.4, -0.2) is 52.1 Å². The second-order valence-corrected chi connectivity index (χ2v) is 9.09.